The van der Waals surface area contributed by atoms with Crippen molar-refractivity contribution in [3.8, 4) is 17.2 Å². The Balaban J connectivity index is 1.33. The van der Waals surface area contributed by atoms with Gasteiger partial charge in [-0.05, 0) is 49.4 Å². The average molecular weight is 415 g/mol. The first-order valence-corrected chi connectivity index (χ1v) is 11.0. The van der Waals surface area contributed by atoms with Gasteiger partial charge in [0.25, 0.3) is 0 Å². The van der Waals surface area contributed by atoms with Crippen LogP contribution >= 0.6 is 0 Å². The number of pyridine rings is 1. The van der Waals surface area contributed by atoms with Crippen LogP contribution in [0.2, 0.25) is 0 Å². The lowest BCUT2D eigenvalue weighted by molar-refractivity contribution is 0.00791. The summed E-state index contributed by atoms with van der Waals surface area (Å²) in [4.78, 5) is 15.8. The second-order valence-electron chi connectivity index (χ2n) is 8.33. The molecule has 3 aromatic rings. The molecule has 3 heterocycles. The first-order valence-electron chi connectivity index (χ1n) is 11.0. The fraction of sp³-hybridized carbons (Fsp3) is 0.417. The average Bonchev–Trinajstić information content (AvgIpc) is 2.85. The van der Waals surface area contributed by atoms with Crippen LogP contribution in [0.15, 0.2) is 43.0 Å². The zero-order chi connectivity index (χ0) is 21.0. The van der Waals surface area contributed by atoms with E-state index < -0.39 is 0 Å². The Morgan fingerprint density at radius 1 is 1.00 bits per heavy atom. The van der Waals surface area contributed by atoms with Gasteiger partial charge in [0.15, 0.2) is 0 Å². The Bertz CT molecular complexity index is 1100. The van der Waals surface area contributed by atoms with Crippen LogP contribution in [-0.4, -0.2) is 58.2 Å². The molecular formula is C24H26N6O. The van der Waals surface area contributed by atoms with Gasteiger partial charge in [0.05, 0.1) is 24.3 Å². The van der Waals surface area contributed by atoms with Gasteiger partial charge in [-0.25, -0.2) is 9.97 Å². The number of rotatable bonds is 4. The molecule has 7 heteroatoms. The molecule has 0 bridgehead atoms. The minimum atomic E-state index is 0.419. The van der Waals surface area contributed by atoms with Crippen molar-refractivity contribution in [1.82, 2.24) is 19.9 Å². The number of nitrogens with one attached hydrogen (secondary N) is 1. The number of aromatic nitrogens is 3. The van der Waals surface area contributed by atoms with Crippen LogP contribution in [0.1, 0.15) is 31.2 Å². The van der Waals surface area contributed by atoms with E-state index in [-0.39, 0.29) is 0 Å². The second-order valence-corrected chi connectivity index (χ2v) is 8.33. The van der Waals surface area contributed by atoms with E-state index in [9.17, 15) is 5.26 Å². The van der Waals surface area contributed by atoms with Crippen molar-refractivity contribution in [2.75, 3.05) is 31.6 Å². The van der Waals surface area contributed by atoms with Gasteiger partial charge in [-0.15, -0.1) is 0 Å². The molecule has 0 amide bonds. The van der Waals surface area contributed by atoms with E-state index in [0.29, 0.717) is 17.6 Å². The standard InChI is InChI=1S/C24H26N6O/c25-13-17-11-19(15-26-14-17)18-1-6-23-22(12-18)24(28-16-27-23)29-20-2-4-21(5-3-20)30-7-9-31-10-8-30/h1,6,11-12,14-16,20-21H,2-5,7-10H2,(H,27,28,29)/t20-,21-. The van der Waals surface area contributed by atoms with E-state index in [4.69, 9.17) is 4.74 Å². The number of benzene rings is 1. The van der Waals surface area contributed by atoms with Crippen LogP contribution in [0.5, 0.6) is 0 Å². The molecule has 1 aromatic carbocycles. The largest absolute Gasteiger partial charge is 0.379 e. The fourth-order valence-corrected chi connectivity index (χ4v) is 4.73. The highest BCUT2D eigenvalue weighted by Gasteiger charge is 2.27. The van der Waals surface area contributed by atoms with Crippen LogP contribution in [0.3, 0.4) is 0 Å². The molecule has 158 valence electrons. The lowest BCUT2D eigenvalue weighted by atomic mass is 9.90. The minimum absolute atomic E-state index is 0.419. The number of ether oxygens (including phenoxy) is 1. The van der Waals surface area contributed by atoms with Crippen LogP contribution in [0.4, 0.5) is 5.82 Å². The van der Waals surface area contributed by atoms with Gasteiger partial charge in [-0.1, -0.05) is 6.07 Å². The number of anilines is 1. The predicted octanol–water partition coefficient (Wildman–Crippen LogP) is 3.62. The molecule has 1 saturated carbocycles. The minimum Gasteiger partial charge on any atom is -0.379 e. The van der Waals surface area contributed by atoms with Gasteiger partial charge in [-0.2, -0.15) is 5.26 Å². The summed E-state index contributed by atoms with van der Waals surface area (Å²) in [5, 5.41) is 13.9. The van der Waals surface area contributed by atoms with E-state index in [1.54, 1.807) is 18.7 Å². The summed E-state index contributed by atoms with van der Waals surface area (Å²) in [6.07, 6.45) is 9.68. The Hall–Kier alpha value is -3.08. The third-order valence-corrected chi connectivity index (χ3v) is 6.44. The summed E-state index contributed by atoms with van der Waals surface area (Å²) in [5.74, 6) is 0.881. The summed E-state index contributed by atoms with van der Waals surface area (Å²) < 4.78 is 5.50. The smallest absolute Gasteiger partial charge is 0.137 e. The SMILES string of the molecule is N#Cc1cncc(-c2ccc3ncnc(N[C@H]4CC[C@H](N5CCOCC5)CC4)c3c2)c1. The molecule has 1 saturated heterocycles. The molecule has 5 rings (SSSR count). The molecule has 2 fully saturated rings. The number of nitrogens with zero attached hydrogens (tertiary/aromatic N) is 5. The van der Waals surface area contributed by atoms with Gasteiger partial charge < -0.3 is 10.1 Å². The maximum atomic E-state index is 9.18. The zero-order valence-electron chi connectivity index (χ0n) is 17.5. The molecule has 1 N–H and O–H groups in total. The highest BCUT2D eigenvalue weighted by molar-refractivity contribution is 5.92. The van der Waals surface area contributed by atoms with Gasteiger partial charge in [-0.3, -0.25) is 9.88 Å². The van der Waals surface area contributed by atoms with Crippen LogP contribution in [0.25, 0.3) is 22.0 Å². The molecular weight excluding hydrogens is 388 g/mol. The molecule has 0 atom stereocenters. The Labute approximate surface area is 182 Å². The molecule has 31 heavy (non-hydrogen) atoms. The monoisotopic (exact) mass is 414 g/mol. The maximum Gasteiger partial charge on any atom is 0.137 e. The third kappa shape index (κ3) is 4.36. The number of fused-ring (bicyclic) bond motifs is 1. The van der Waals surface area contributed by atoms with E-state index in [1.807, 2.05) is 18.2 Å². The highest BCUT2D eigenvalue weighted by atomic mass is 16.5. The summed E-state index contributed by atoms with van der Waals surface area (Å²) in [7, 11) is 0. The van der Waals surface area contributed by atoms with Crippen molar-refractivity contribution in [3.05, 3.63) is 48.5 Å². The van der Waals surface area contributed by atoms with Crippen molar-refractivity contribution in [2.24, 2.45) is 0 Å². The van der Waals surface area contributed by atoms with Crippen molar-refractivity contribution >= 4 is 16.7 Å². The van der Waals surface area contributed by atoms with Crippen LogP contribution in [0, 0.1) is 11.3 Å². The van der Waals surface area contributed by atoms with Gasteiger partial charge in [0, 0.05) is 48.5 Å². The lowest BCUT2D eigenvalue weighted by Gasteiger charge is -2.39. The number of nitriles is 1. The molecule has 2 aromatic heterocycles. The van der Waals surface area contributed by atoms with Gasteiger partial charge in [0.1, 0.15) is 18.2 Å². The Kier molecular flexibility index (Phi) is 5.74. The summed E-state index contributed by atoms with van der Waals surface area (Å²) in [6.45, 7) is 3.84. The molecule has 1 aliphatic carbocycles. The van der Waals surface area contributed by atoms with Crippen molar-refractivity contribution in [2.45, 2.75) is 37.8 Å². The number of hydrogen-bond donors (Lipinski definition) is 1. The predicted molar refractivity (Wildman–Crippen MR) is 120 cm³/mol. The third-order valence-electron chi connectivity index (χ3n) is 6.44. The Morgan fingerprint density at radius 3 is 2.65 bits per heavy atom. The second kappa shape index (κ2) is 8.96. The van der Waals surface area contributed by atoms with Gasteiger partial charge >= 0.3 is 0 Å². The van der Waals surface area contributed by atoms with E-state index >= 15 is 0 Å². The van der Waals surface area contributed by atoms with Crippen molar-refractivity contribution < 1.29 is 4.74 Å². The van der Waals surface area contributed by atoms with Crippen LogP contribution in [-0.2, 0) is 4.74 Å². The fourth-order valence-electron chi connectivity index (χ4n) is 4.73. The quantitative estimate of drug-likeness (QED) is 0.698. The molecule has 1 aliphatic heterocycles. The van der Waals surface area contributed by atoms with Crippen molar-refractivity contribution in [1.29, 1.82) is 5.26 Å². The van der Waals surface area contributed by atoms with E-state index in [0.717, 1.165) is 67.0 Å². The van der Waals surface area contributed by atoms with Crippen LogP contribution < -0.4 is 5.32 Å². The summed E-state index contributed by atoms with van der Waals surface area (Å²) in [6, 6.07) is 11.2. The Morgan fingerprint density at radius 2 is 1.84 bits per heavy atom. The van der Waals surface area contributed by atoms with E-state index in [1.165, 1.54) is 12.8 Å². The maximum absolute atomic E-state index is 9.18. The normalized spacial score (nSPS) is 22.2. The molecule has 0 unspecified atom stereocenters. The topological polar surface area (TPSA) is 87.0 Å². The number of morpholine rings is 1. The molecule has 0 spiro atoms. The molecule has 0 radical (unpaired) electrons. The summed E-state index contributed by atoms with van der Waals surface area (Å²) in [5.41, 5.74) is 3.39. The van der Waals surface area contributed by atoms with Crippen molar-refractivity contribution in [3.63, 3.8) is 0 Å². The summed E-state index contributed by atoms with van der Waals surface area (Å²) >= 11 is 0. The highest BCUT2D eigenvalue weighted by Crippen LogP contribution is 2.30. The zero-order valence-corrected chi connectivity index (χ0v) is 17.5. The number of hydrogen-bond acceptors (Lipinski definition) is 7. The van der Waals surface area contributed by atoms with Gasteiger partial charge in [0.2, 0.25) is 0 Å². The molecule has 2 aliphatic rings. The first kappa shape index (κ1) is 19.9. The lowest BCUT2D eigenvalue weighted by Crippen LogP contribution is -2.46. The molecule has 7 nitrogen and oxygen atoms in total. The first-order chi connectivity index (χ1) is 15.3. The van der Waals surface area contributed by atoms with E-state index in [2.05, 4.69) is 37.3 Å².